The monoisotopic (exact) mass is 211 g/mol. The molecule has 4 heteroatoms. The van der Waals surface area contributed by atoms with Crippen LogP contribution in [0.15, 0.2) is 0 Å². The molecule has 0 radical (unpaired) electrons. The fourth-order valence-corrected chi connectivity index (χ4v) is 1.48. The lowest BCUT2D eigenvalue weighted by Crippen LogP contribution is -2.30. The molecule has 0 amide bonds. The van der Waals surface area contributed by atoms with E-state index in [0.29, 0.717) is 6.61 Å². The van der Waals surface area contributed by atoms with Crippen LogP contribution in [0.4, 0.5) is 0 Å². The van der Waals surface area contributed by atoms with Gasteiger partial charge in [0, 0.05) is 6.42 Å². The van der Waals surface area contributed by atoms with Crippen LogP contribution < -0.4 is 0 Å². The Kier molecular flexibility index (Phi) is 4.57. The number of esters is 1. The Morgan fingerprint density at radius 3 is 2.73 bits per heavy atom. The van der Waals surface area contributed by atoms with Gasteiger partial charge in [0.2, 0.25) is 6.29 Å². The summed E-state index contributed by atoms with van der Waals surface area (Å²) in [6, 6.07) is 1.96. The number of hydrogen-bond acceptors (Lipinski definition) is 4. The summed E-state index contributed by atoms with van der Waals surface area (Å²) in [5.41, 5.74) is 0. The molecule has 1 aliphatic rings. The van der Waals surface area contributed by atoms with Gasteiger partial charge in [-0.05, 0) is 18.8 Å². The fourth-order valence-electron chi connectivity index (χ4n) is 1.48. The van der Waals surface area contributed by atoms with E-state index in [-0.39, 0.29) is 5.92 Å². The van der Waals surface area contributed by atoms with Crippen LogP contribution in [-0.4, -0.2) is 18.9 Å². The number of nitrogens with zero attached hydrogens (tertiary/aromatic N) is 1. The number of carbonyl (C=O) groups excluding carboxylic acids is 1. The zero-order valence-electron chi connectivity index (χ0n) is 9.23. The molecular formula is C11H17NO3. The minimum absolute atomic E-state index is 0.0221. The summed E-state index contributed by atoms with van der Waals surface area (Å²) in [6.07, 6.45) is 2.32. The molecule has 2 atom stereocenters. The molecule has 2 unspecified atom stereocenters. The highest BCUT2D eigenvalue weighted by Gasteiger charge is 2.27. The maximum Gasteiger partial charge on any atom is 0.325 e. The summed E-state index contributed by atoms with van der Waals surface area (Å²) in [5.74, 6) is -1.17. The summed E-state index contributed by atoms with van der Waals surface area (Å²) >= 11 is 0. The summed E-state index contributed by atoms with van der Waals surface area (Å²) in [4.78, 5) is 11.6. The number of ether oxygens (including phenoxy) is 2. The maximum absolute atomic E-state index is 11.6. The van der Waals surface area contributed by atoms with Gasteiger partial charge in [0.25, 0.3) is 0 Å². The maximum atomic E-state index is 11.6. The second-order valence-corrected chi connectivity index (χ2v) is 4.08. The largest absolute Gasteiger partial charge is 0.435 e. The Morgan fingerprint density at radius 2 is 2.27 bits per heavy atom. The lowest BCUT2D eigenvalue weighted by molar-refractivity contribution is -0.190. The molecule has 0 aliphatic carbocycles. The van der Waals surface area contributed by atoms with Crippen LogP contribution in [0.3, 0.4) is 0 Å². The summed E-state index contributed by atoms with van der Waals surface area (Å²) < 4.78 is 10.4. The molecule has 1 aliphatic heterocycles. The third kappa shape index (κ3) is 3.52. The van der Waals surface area contributed by atoms with Crippen molar-refractivity contribution in [3.05, 3.63) is 0 Å². The second kappa shape index (κ2) is 5.72. The second-order valence-electron chi connectivity index (χ2n) is 4.08. The van der Waals surface area contributed by atoms with E-state index in [0.717, 1.165) is 19.3 Å². The van der Waals surface area contributed by atoms with Crippen LogP contribution in [0.25, 0.3) is 0 Å². The average Bonchev–Trinajstić information content (AvgIpc) is 2.19. The molecule has 0 bridgehead atoms. The van der Waals surface area contributed by atoms with Crippen molar-refractivity contribution in [3.63, 3.8) is 0 Å². The lowest BCUT2D eigenvalue weighted by atomic mass is 9.98. The average molecular weight is 211 g/mol. The first-order valence-electron chi connectivity index (χ1n) is 5.37. The van der Waals surface area contributed by atoms with Crippen LogP contribution in [0, 0.1) is 23.2 Å². The van der Waals surface area contributed by atoms with Gasteiger partial charge in [0.15, 0.2) is 0 Å². The first kappa shape index (κ1) is 12.0. The molecular weight excluding hydrogens is 194 g/mol. The Balaban J connectivity index is 2.43. The van der Waals surface area contributed by atoms with Crippen LogP contribution in [0.5, 0.6) is 0 Å². The molecule has 0 saturated carbocycles. The van der Waals surface area contributed by atoms with Gasteiger partial charge in [-0.2, -0.15) is 5.26 Å². The quantitative estimate of drug-likeness (QED) is 0.668. The standard InChI is InChI=1S/C11H17NO3/c1-8(2)9(7-12)11(13)15-10-5-3-4-6-14-10/h8-10H,3-6H2,1-2H3. The zero-order valence-corrected chi connectivity index (χ0v) is 9.23. The third-order valence-electron chi connectivity index (χ3n) is 2.45. The van der Waals surface area contributed by atoms with Crippen molar-refractivity contribution in [3.8, 4) is 6.07 Å². The number of hydrogen-bond donors (Lipinski definition) is 0. The normalized spacial score (nSPS) is 23.2. The van der Waals surface area contributed by atoms with E-state index < -0.39 is 18.2 Å². The highest BCUT2D eigenvalue weighted by Crippen LogP contribution is 2.18. The molecule has 1 rings (SSSR count). The van der Waals surface area contributed by atoms with Crippen LogP contribution in [0.1, 0.15) is 33.1 Å². The molecule has 1 fully saturated rings. The third-order valence-corrected chi connectivity index (χ3v) is 2.45. The van der Waals surface area contributed by atoms with Gasteiger partial charge in [-0.15, -0.1) is 0 Å². The van der Waals surface area contributed by atoms with E-state index in [1.165, 1.54) is 0 Å². The van der Waals surface area contributed by atoms with Crippen LogP contribution in [-0.2, 0) is 14.3 Å². The molecule has 4 nitrogen and oxygen atoms in total. The molecule has 0 aromatic rings. The highest BCUT2D eigenvalue weighted by molar-refractivity contribution is 5.75. The highest BCUT2D eigenvalue weighted by atomic mass is 16.7. The van der Waals surface area contributed by atoms with Gasteiger partial charge in [0.05, 0.1) is 12.7 Å². The van der Waals surface area contributed by atoms with Crippen molar-refractivity contribution < 1.29 is 14.3 Å². The van der Waals surface area contributed by atoms with E-state index in [1.54, 1.807) is 0 Å². The molecule has 84 valence electrons. The predicted octanol–water partition coefficient (Wildman–Crippen LogP) is 1.85. The molecule has 0 spiro atoms. The molecule has 15 heavy (non-hydrogen) atoms. The first-order chi connectivity index (χ1) is 7.15. The Hall–Kier alpha value is -1.08. The summed E-state index contributed by atoms with van der Waals surface area (Å²) in [6.45, 7) is 4.30. The van der Waals surface area contributed by atoms with Crippen molar-refractivity contribution >= 4 is 5.97 Å². The topological polar surface area (TPSA) is 59.3 Å². The zero-order chi connectivity index (χ0) is 11.3. The van der Waals surface area contributed by atoms with Crippen LogP contribution >= 0.6 is 0 Å². The Bertz CT molecular complexity index is 251. The number of rotatable bonds is 3. The molecule has 0 N–H and O–H groups in total. The Morgan fingerprint density at radius 1 is 1.53 bits per heavy atom. The fraction of sp³-hybridized carbons (Fsp3) is 0.818. The van der Waals surface area contributed by atoms with Crippen molar-refractivity contribution in [2.75, 3.05) is 6.61 Å². The van der Waals surface area contributed by atoms with Gasteiger partial charge in [-0.25, -0.2) is 0 Å². The molecule has 0 aromatic carbocycles. The number of carbonyl (C=O) groups is 1. The van der Waals surface area contributed by atoms with Gasteiger partial charge < -0.3 is 9.47 Å². The first-order valence-corrected chi connectivity index (χ1v) is 5.37. The minimum atomic E-state index is -0.685. The van der Waals surface area contributed by atoms with E-state index in [2.05, 4.69) is 0 Å². The van der Waals surface area contributed by atoms with E-state index >= 15 is 0 Å². The van der Waals surface area contributed by atoms with E-state index in [1.807, 2.05) is 19.9 Å². The minimum Gasteiger partial charge on any atom is -0.435 e. The predicted molar refractivity (Wildman–Crippen MR) is 53.6 cm³/mol. The van der Waals surface area contributed by atoms with Crippen LogP contribution in [0.2, 0.25) is 0 Å². The smallest absolute Gasteiger partial charge is 0.325 e. The molecule has 0 aromatic heterocycles. The van der Waals surface area contributed by atoms with Gasteiger partial charge in [-0.1, -0.05) is 13.8 Å². The SMILES string of the molecule is CC(C)C(C#N)C(=O)OC1CCCCO1. The lowest BCUT2D eigenvalue weighted by Gasteiger charge is -2.23. The number of nitriles is 1. The van der Waals surface area contributed by atoms with E-state index in [4.69, 9.17) is 14.7 Å². The molecule has 1 heterocycles. The van der Waals surface area contributed by atoms with Gasteiger partial charge in [0.1, 0.15) is 5.92 Å². The van der Waals surface area contributed by atoms with E-state index in [9.17, 15) is 4.79 Å². The van der Waals surface area contributed by atoms with Crippen molar-refractivity contribution in [2.45, 2.75) is 39.4 Å². The van der Waals surface area contributed by atoms with Gasteiger partial charge in [-0.3, -0.25) is 4.79 Å². The van der Waals surface area contributed by atoms with Crippen molar-refractivity contribution in [1.29, 1.82) is 5.26 Å². The summed E-state index contributed by atoms with van der Waals surface area (Å²) in [7, 11) is 0. The van der Waals surface area contributed by atoms with Crippen molar-refractivity contribution in [1.82, 2.24) is 0 Å². The molecule has 1 saturated heterocycles. The summed E-state index contributed by atoms with van der Waals surface area (Å²) in [5, 5.41) is 8.80. The Labute approximate surface area is 90.2 Å². The van der Waals surface area contributed by atoms with Crippen molar-refractivity contribution in [2.24, 2.45) is 11.8 Å². The van der Waals surface area contributed by atoms with Gasteiger partial charge >= 0.3 is 5.97 Å².